The molecule has 1 fully saturated rings. The molecular formula is C18H27NO. The predicted octanol–water partition coefficient (Wildman–Crippen LogP) is 4.16. The molecule has 110 valence electrons. The molecule has 2 rings (SSSR count). The zero-order chi connectivity index (χ0) is 14.4. The van der Waals surface area contributed by atoms with Crippen molar-refractivity contribution in [3.8, 4) is 0 Å². The highest BCUT2D eigenvalue weighted by Crippen LogP contribution is 2.26. The smallest absolute Gasteiger partial charge is 0.162 e. The summed E-state index contributed by atoms with van der Waals surface area (Å²) in [5.41, 5.74) is 0.849. The molecule has 2 unspecified atom stereocenters. The lowest BCUT2D eigenvalue weighted by molar-refractivity contribution is 0.0968. The van der Waals surface area contributed by atoms with Crippen LogP contribution in [0.4, 0.5) is 0 Å². The number of hydrogen-bond donors (Lipinski definition) is 0. The van der Waals surface area contributed by atoms with E-state index in [1.807, 2.05) is 30.3 Å². The van der Waals surface area contributed by atoms with E-state index in [-0.39, 0.29) is 5.78 Å². The van der Waals surface area contributed by atoms with Crippen molar-refractivity contribution in [2.45, 2.75) is 51.5 Å². The minimum absolute atomic E-state index is 0.274. The monoisotopic (exact) mass is 273 g/mol. The summed E-state index contributed by atoms with van der Waals surface area (Å²) in [5.74, 6) is 1.14. The van der Waals surface area contributed by atoms with Gasteiger partial charge in [0.1, 0.15) is 0 Å². The van der Waals surface area contributed by atoms with E-state index in [9.17, 15) is 4.79 Å². The summed E-state index contributed by atoms with van der Waals surface area (Å²) in [7, 11) is 2.22. The van der Waals surface area contributed by atoms with Gasteiger partial charge in [-0.15, -0.1) is 0 Å². The first kappa shape index (κ1) is 15.2. The Morgan fingerprint density at radius 2 is 2.00 bits per heavy atom. The third-order valence-corrected chi connectivity index (χ3v) is 4.54. The first-order valence-corrected chi connectivity index (χ1v) is 7.95. The fourth-order valence-electron chi connectivity index (χ4n) is 3.24. The normalized spacial score (nSPS) is 22.9. The number of nitrogens with zero attached hydrogens (tertiary/aromatic N) is 1. The van der Waals surface area contributed by atoms with Crippen LogP contribution in [-0.4, -0.2) is 30.3 Å². The zero-order valence-corrected chi connectivity index (χ0v) is 12.8. The van der Waals surface area contributed by atoms with Gasteiger partial charge < -0.3 is 4.90 Å². The quantitative estimate of drug-likeness (QED) is 0.725. The van der Waals surface area contributed by atoms with Crippen LogP contribution in [-0.2, 0) is 0 Å². The molecule has 0 N–H and O–H groups in total. The van der Waals surface area contributed by atoms with E-state index in [1.54, 1.807) is 0 Å². The molecule has 2 nitrogen and oxygen atoms in total. The second kappa shape index (κ2) is 7.58. The van der Waals surface area contributed by atoms with E-state index in [4.69, 9.17) is 0 Å². The first-order chi connectivity index (χ1) is 9.66. The van der Waals surface area contributed by atoms with Gasteiger partial charge in [-0.3, -0.25) is 4.79 Å². The van der Waals surface area contributed by atoms with Crippen molar-refractivity contribution in [2.75, 3.05) is 13.6 Å². The van der Waals surface area contributed by atoms with Crippen LogP contribution in [0.15, 0.2) is 30.3 Å². The third kappa shape index (κ3) is 4.45. The standard InChI is InChI=1S/C18H27NO/c1-15-8-6-11-17(14-15)19(2)13-7-12-18(20)16-9-4-3-5-10-16/h3-5,9-10,15,17H,6-8,11-14H2,1-2H3. The van der Waals surface area contributed by atoms with Crippen LogP contribution in [0.25, 0.3) is 0 Å². The minimum atomic E-state index is 0.274. The summed E-state index contributed by atoms with van der Waals surface area (Å²) in [4.78, 5) is 14.5. The van der Waals surface area contributed by atoms with E-state index in [0.29, 0.717) is 6.42 Å². The molecule has 0 amide bonds. The molecule has 0 aromatic heterocycles. The van der Waals surface area contributed by atoms with Gasteiger partial charge in [0, 0.05) is 18.0 Å². The predicted molar refractivity (Wildman–Crippen MR) is 84.1 cm³/mol. The molecule has 1 aliphatic rings. The molecule has 0 spiro atoms. The van der Waals surface area contributed by atoms with Crippen LogP contribution in [0.3, 0.4) is 0 Å². The van der Waals surface area contributed by atoms with Crippen molar-refractivity contribution in [3.63, 3.8) is 0 Å². The van der Waals surface area contributed by atoms with E-state index in [2.05, 4.69) is 18.9 Å². The fourth-order valence-corrected chi connectivity index (χ4v) is 3.24. The lowest BCUT2D eigenvalue weighted by Gasteiger charge is -2.34. The molecule has 0 saturated heterocycles. The summed E-state index contributed by atoms with van der Waals surface area (Å²) < 4.78 is 0. The fraction of sp³-hybridized carbons (Fsp3) is 0.611. The largest absolute Gasteiger partial charge is 0.303 e. The second-order valence-electron chi connectivity index (χ2n) is 6.30. The third-order valence-electron chi connectivity index (χ3n) is 4.54. The van der Waals surface area contributed by atoms with E-state index >= 15 is 0 Å². The Morgan fingerprint density at radius 1 is 1.25 bits per heavy atom. The van der Waals surface area contributed by atoms with Crippen molar-refractivity contribution >= 4 is 5.78 Å². The maximum Gasteiger partial charge on any atom is 0.162 e. The number of benzene rings is 1. The Bertz CT molecular complexity index is 415. The number of ketones is 1. The molecule has 0 bridgehead atoms. The van der Waals surface area contributed by atoms with Crippen LogP contribution in [0.5, 0.6) is 0 Å². The van der Waals surface area contributed by atoms with Crippen LogP contribution in [0, 0.1) is 5.92 Å². The van der Waals surface area contributed by atoms with Crippen molar-refractivity contribution in [1.29, 1.82) is 0 Å². The number of rotatable bonds is 6. The Hall–Kier alpha value is -1.15. The van der Waals surface area contributed by atoms with Crippen LogP contribution in [0.2, 0.25) is 0 Å². The van der Waals surface area contributed by atoms with Gasteiger partial charge in [-0.05, 0) is 38.8 Å². The van der Waals surface area contributed by atoms with E-state index in [1.165, 1.54) is 25.7 Å². The van der Waals surface area contributed by atoms with E-state index in [0.717, 1.165) is 30.5 Å². The Kier molecular flexibility index (Phi) is 5.78. The highest BCUT2D eigenvalue weighted by atomic mass is 16.1. The van der Waals surface area contributed by atoms with Crippen molar-refractivity contribution in [3.05, 3.63) is 35.9 Å². The maximum absolute atomic E-state index is 12.0. The molecule has 0 aliphatic heterocycles. The molecule has 2 heteroatoms. The van der Waals surface area contributed by atoms with Gasteiger partial charge in [0.05, 0.1) is 0 Å². The maximum atomic E-state index is 12.0. The number of hydrogen-bond acceptors (Lipinski definition) is 2. The SMILES string of the molecule is CC1CCCC(N(C)CCCC(=O)c2ccccc2)C1. The minimum Gasteiger partial charge on any atom is -0.303 e. The average Bonchev–Trinajstić information content (AvgIpc) is 2.48. The summed E-state index contributed by atoms with van der Waals surface area (Å²) in [6.45, 7) is 3.40. The Morgan fingerprint density at radius 3 is 2.70 bits per heavy atom. The Balaban J connectivity index is 1.71. The van der Waals surface area contributed by atoms with Crippen LogP contribution < -0.4 is 0 Å². The molecule has 0 radical (unpaired) electrons. The molecular weight excluding hydrogens is 246 g/mol. The van der Waals surface area contributed by atoms with Gasteiger partial charge in [0.25, 0.3) is 0 Å². The Labute approximate surface area is 123 Å². The highest BCUT2D eigenvalue weighted by Gasteiger charge is 2.22. The molecule has 2 atom stereocenters. The lowest BCUT2D eigenvalue weighted by atomic mass is 9.86. The summed E-state index contributed by atoms with van der Waals surface area (Å²) in [6, 6.07) is 10.4. The van der Waals surface area contributed by atoms with Gasteiger partial charge in [0.2, 0.25) is 0 Å². The van der Waals surface area contributed by atoms with E-state index < -0.39 is 0 Å². The van der Waals surface area contributed by atoms with Crippen LogP contribution >= 0.6 is 0 Å². The van der Waals surface area contributed by atoms with Crippen molar-refractivity contribution in [2.24, 2.45) is 5.92 Å². The molecule has 1 aliphatic carbocycles. The summed E-state index contributed by atoms with van der Waals surface area (Å²) in [5, 5.41) is 0. The number of carbonyl (C=O) groups excluding carboxylic acids is 1. The summed E-state index contributed by atoms with van der Waals surface area (Å²) in [6.07, 6.45) is 7.03. The molecule has 0 heterocycles. The van der Waals surface area contributed by atoms with Crippen LogP contribution in [0.1, 0.15) is 55.8 Å². The van der Waals surface area contributed by atoms with Crippen molar-refractivity contribution in [1.82, 2.24) is 4.90 Å². The topological polar surface area (TPSA) is 20.3 Å². The second-order valence-corrected chi connectivity index (χ2v) is 6.30. The summed E-state index contributed by atoms with van der Waals surface area (Å²) >= 11 is 0. The van der Waals surface area contributed by atoms with Crippen molar-refractivity contribution < 1.29 is 4.79 Å². The highest BCUT2D eigenvalue weighted by molar-refractivity contribution is 5.95. The average molecular weight is 273 g/mol. The molecule has 1 aromatic carbocycles. The van der Waals surface area contributed by atoms with Gasteiger partial charge in [0.15, 0.2) is 5.78 Å². The van der Waals surface area contributed by atoms with Gasteiger partial charge in [-0.2, -0.15) is 0 Å². The number of Topliss-reactive ketones (excluding diaryl/α,β-unsaturated/α-hetero) is 1. The lowest BCUT2D eigenvalue weighted by Crippen LogP contribution is -2.36. The van der Waals surface area contributed by atoms with Gasteiger partial charge >= 0.3 is 0 Å². The molecule has 20 heavy (non-hydrogen) atoms. The van der Waals surface area contributed by atoms with Gasteiger partial charge in [-0.1, -0.05) is 50.1 Å². The molecule has 1 aromatic rings. The molecule has 1 saturated carbocycles. The van der Waals surface area contributed by atoms with Gasteiger partial charge in [-0.25, -0.2) is 0 Å². The first-order valence-electron chi connectivity index (χ1n) is 7.95. The zero-order valence-electron chi connectivity index (χ0n) is 12.8. The number of carbonyl (C=O) groups is 1.